The Morgan fingerprint density at radius 2 is 1.18 bits per heavy atom. The molecule has 9 rings (SSSR count). The van der Waals surface area contributed by atoms with Crippen LogP contribution in [0.3, 0.4) is 0 Å². The number of nitrogens with one attached hydrogen (secondary N) is 1. The Morgan fingerprint density at radius 3 is 2.00 bits per heavy atom. The monoisotopic (exact) mass is 484 g/mol. The van der Waals surface area contributed by atoms with E-state index in [1.165, 1.54) is 82.0 Å². The second kappa shape index (κ2) is 7.36. The second-order valence-corrected chi connectivity index (χ2v) is 10.5. The second-order valence-electron chi connectivity index (χ2n) is 10.5. The summed E-state index contributed by atoms with van der Waals surface area (Å²) in [5.74, 6) is 0. The van der Waals surface area contributed by atoms with Crippen LogP contribution in [-0.4, -0.2) is 9.55 Å². The molecule has 6 aromatic carbocycles. The number of hydrogen-bond donors (Lipinski definition) is 1. The van der Waals surface area contributed by atoms with Crippen molar-refractivity contribution in [3.63, 3.8) is 0 Å². The van der Waals surface area contributed by atoms with E-state index >= 15 is 0 Å². The van der Waals surface area contributed by atoms with Crippen LogP contribution >= 0.6 is 0 Å². The number of rotatable bonds is 1. The van der Waals surface area contributed by atoms with E-state index in [9.17, 15) is 0 Å². The van der Waals surface area contributed by atoms with Gasteiger partial charge in [-0.25, -0.2) is 0 Å². The molecule has 0 amide bonds. The van der Waals surface area contributed by atoms with E-state index in [2.05, 4.69) is 125 Å². The maximum absolute atomic E-state index is 3.88. The normalized spacial score (nSPS) is 13.5. The smallest absolute Gasteiger partial charge is 0.0626 e. The molecule has 38 heavy (non-hydrogen) atoms. The van der Waals surface area contributed by atoms with Crippen molar-refractivity contribution < 1.29 is 0 Å². The molecule has 1 aliphatic rings. The average Bonchev–Trinajstić information content (AvgIpc) is 3.54. The molecule has 1 N–H and O–H groups in total. The van der Waals surface area contributed by atoms with Crippen molar-refractivity contribution in [1.29, 1.82) is 0 Å². The molecule has 0 radical (unpaired) electrons. The predicted molar refractivity (Wildman–Crippen MR) is 163 cm³/mol. The van der Waals surface area contributed by atoms with Crippen LogP contribution in [0.4, 0.5) is 0 Å². The lowest BCUT2D eigenvalue weighted by Crippen LogP contribution is -1.95. The van der Waals surface area contributed by atoms with Crippen molar-refractivity contribution in [2.45, 2.75) is 12.8 Å². The number of allylic oxidation sites excluding steroid dienone is 1. The maximum atomic E-state index is 3.88. The molecule has 2 heteroatoms. The summed E-state index contributed by atoms with van der Waals surface area (Å²) in [5, 5.41) is 11.9. The number of H-pyrrole nitrogens is 1. The van der Waals surface area contributed by atoms with Crippen molar-refractivity contribution in [2.75, 3.05) is 0 Å². The standard InChI is InChI=1S/C36H24N2/c1-2-12-22(13-3-1)38-30-21-11-9-19-28(30)34-32-23-14-4-6-16-25(23)35-33(27-18-8-10-20-29(27)37-35)31(32)24-15-5-7-17-26(24)36(34)38/h1-9,11-19,21,37H,10,20H2. The minimum atomic E-state index is 1.06. The Labute approximate surface area is 219 Å². The van der Waals surface area contributed by atoms with Crippen LogP contribution in [0.2, 0.25) is 0 Å². The third kappa shape index (κ3) is 2.47. The number of benzene rings is 6. The summed E-state index contributed by atoms with van der Waals surface area (Å²) in [6, 6.07) is 37.7. The highest BCUT2D eigenvalue weighted by molar-refractivity contribution is 6.43. The highest BCUT2D eigenvalue weighted by Crippen LogP contribution is 2.49. The number of fused-ring (bicyclic) bond motifs is 15. The highest BCUT2D eigenvalue weighted by atomic mass is 15.0. The molecule has 2 nitrogen and oxygen atoms in total. The first-order valence-corrected chi connectivity index (χ1v) is 13.4. The lowest BCUT2D eigenvalue weighted by molar-refractivity contribution is 0.951. The topological polar surface area (TPSA) is 20.7 Å². The first-order chi connectivity index (χ1) is 18.9. The van der Waals surface area contributed by atoms with Crippen molar-refractivity contribution in [3.05, 3.63) is 120 Å². The van der Waals surface area contributed by atoms with Crippen molar-refractivity contribution in [1.82, 2.24) is 9.55 Å². The summed E-state index contributed by atoms with van der Waals surface area (Å²) in [4.78, 5) is 3.88. The van der Waals surface area contributed by atoms with Crippen LogP contribution in [0.15, 0.2) is 109 Å². The van der Waals surface area contributed by atoms with Crippen LogP contribution in [0.1, 0.15) is 17.7 Å². The molecule has 0 spiro atoms. The number of hydrogen-bond acceptors (Lipinski definition) is 0. The van der Waals surface area contributed by atoms with Gasteiger partial charge in [0, 0.05) is 54.6 Å². The van der Waals surface area contributed by atoms with Gasteiger partial charge in [0.1, 0.15) is 0 Å². The van der Waals surface area contributed by atoms with Gasteiger partial charge >= 0.3 is 0 Å². The van der Waals surface area contributed by atoms with E-state index in [0.717, 1.165) is 12.8 Å². The Morgan fingerprint density at radius 1 is 0.553 bits per heavy atom. The molecule has 0 saturated heterocycles. The molecule has 178 valence electrons. The fourth-order valence-corrected chi connectivity index (χ4v) is 7.05. The quantitative estimate of drug-likeness (QED) is 0.224. The minimum absolute atomic E-state index is 1.06. The molecule has 0 fully saturated rings. The number of nitrogens with zero attached hydrogens (tertiary/aromatic N) is 1. The van der Waals surface area contributed by atoms with Gasteiger partial charge in [-0.3, -0.25) is 0 Å². The molecule has 0 saturated carbocycles. The number of aromatic nitrogens is 2. The van der Waals surface area contributed by atoms with Crippen LogP contribution in [0.25, 0.3) is 76.8 Å². The van der Waals surface area contributed by atoms with Gasteiger partial charge in [-0.05, 0) is 41.8 Å². The first kappa shape index (κ1) is 20.3. The van der Waals surface area contributed by atoms with E-state index in [4.69, 9.17) is 0 Å². The summed E-state index contributed by atoms with van der Waals surface area (Å²) >= 11 is 0. The SMILES string of the molecule is C1=Cc2c([nH]c3c4ccccc4c4c(c5ccccc5c5c4c4ccccc4n5-c4ccccc4)c23)CC1. The molecule has 1 aliphatic carbocycles. The summed E-state index contributed by atoms with van der Waals surface area (Å²) in [7, 11) is 0. The van der Waals surface area contributed by atoms with Crippen molar-refractivity contribution >= 4 is 71.1 Å². The molecular formula is C36H24N2. The van der Waals surface area contributed by atoms with Crippen LogP contribution in [0, 0.1) is 0 Å². The minimum Gasteiger partial charge on any atom is -0.357 e. The Kier molecular flexibility index (Phi) is 3.93. The lowest BCUT2D eigenvalue weighted by Gasteiger charge is -2.15. The molecule has 8 aromatic rings. The largest absolute Gasteiger partial charge is 0.357 e. The average molecular weight is 485 g/mol. The summed E-state index contributed by atoms with van der Waals surface area (Å²) in [5.41, 5.74) is 7.70. The van der Waals surface area contributed by atoms with Gasteiger partial charge in [-0.15, -0.1) is 0 Å². The van der Waals surface area contributed by atoms with Gasteiger partial charge in [0.05, 0.1) is 16.6 Å². The molecular weight excluding hydrogens is 460 g/mol. The summed E-state index contributed by atoms with van der Waals surface area (Å²) in [6.45, 7) is 0. The van der Waals surface area contributed by atoms with Crippen molar-refractivity contribution in [3.8, 4) is 5.69 Å². The van der Waals surface area contributed by atoms with Gasteiger partial charge < -0.3 is 9.55 Å². The van der Waals surface area contributed by atoms with Crippen LogP contribution < -0.4 is 0 Å². The molecule has 2 heterocycles. The fraction of sp³-hybridized carbons (Fsp3) is 0.0556. The van der Waals surface area contributed by atoms with Gasteiger partial charge in [0.2, 0.25) is 0 Å². The molecule has 2 aromatic heterocycles. The van der Waals surface area contributed by atoms with Crippen molar-refractivity contribution in [2.24, 2.45) is 0 Å². The molecule has 0 atom stereocenters. The van der Waals surface area contributed by atoms with Gasteiger partial charge in [-0.1, -0.05) is 97.1 Å². The Hall–Kier alpha value is -4.82. The number of aromatic amines is 1. The van der Waals surface area contributed by atoms with Crippen LogP contribution in [0.5, 0.6) is 0 Å². The number of para-hydroxylation sites is 2. The molecule has 0 aliphatic heterocycles. The van der Waals surface area contributed by atoms with E-state index in [-0.39, 0.29) is 0 Å². The van der Waals surface area contributed by atoms with E-state index < -0.39 is 0 Å². The van der Waals surface area contributed by atoms with E-state index in [1.807, 2.05) is 0 Å². The van der Waals surface area contributed by atoms with Gasteiger partial charge in [-0.2, -0.15) is 0 Å². The molecule has 0 unspecified atom stereocenters. The Bertz CT molecular complexity index is 2280. The summed E-state index contributed by atoms with van der Waals surface area (Å²) in [6.07, 6.45) is 6.83. The van der Waals surface area contributed by atoms with Gasteiger partial charge in [0.15, 0.2) is 0 Å². The third-order valence-electron chi connectivity index (χ3n) is 8.52. The summed E-state index contributed by atoms with van der Waals surface area (Å²) < 4.78 is 2.47. The Balaban J connectivity index is 1.70. The fourth-order valence-electron chi connectivity index (χ4n) is 7.05. The van der Waals surface area contributed by atoms with E-state index in [1.54, 1.807) is 0 Å². The van der Waals surface area contributed by atoms with Crippen LogP contribution in [-0.2, 0) is 6.42 Å². The van der Waals surface area contributed by atoms with E-state index in [0.29, 0.717) is 0 Å². The lowest BCUT2D eigenvalue weighted by atomic mass is 9.88. The highest BCUT2D eigenvalue weighted by Gasteiger charge is 2.24. The third-order valence-corrected chi connectivity index (χ3v) is 8.52. The number of aryl methyl sites for hydroxylation is 1. The zero-order valence-corrected chi connectivity index (χ0v) is 20.8. The maximum Gasteiger partial charge on any atom is 0.0626 e. The predicted octanol–water partition coefficient (Wildman–Crippen LogP) is 9.68. The molecule has 0 bridgehead atoms. The zero-order chi connectivity index (χ0) is 24.8. The first-order valence-electron chi connectivity index (χ1n) is 13.4. The van der Waals surface area contributed by atoms with Gasteiger partial charge in [0.25, 0.3) is 0 Å². The zero-order valence-electron chi connectivity index (χ0n) is 20.8.